The summed E-state index contributed by atoms with van der Waals surface area (Å²) in [5.41, 5.74) is 8.04. The average molecular weight is 324 g/mol. The quantitative estimate of drug-likeness (QED) is 0.670. The van der Waals surface area contributed by atoms with Crippen molar-refractivity contribution in [3.63, 3.8) is 0 Å². The van der Waals surface area contributed by atoms with E-state index in [2.05, 4.69) is 31.0 Å². The molecule has 0 fully saturated rings. The van der Waals surface area contributed by atoms with E-state index < -0.39 is 6.04 Å². The van der Waals surface area contributed by atoms with Gasteiger partial charge in [0.05, 0.1) is 18.3 Å². The van der Waals surface area contributed by atoms with E-state index in [1.165, 1.54) is 7.11 Å². The van der Waals surface area contributed by atoms with Crippen LogP contribution in [-0.2, 0) is 9.53 Å². The summed E-state index contributed by atoms with van der Waals surface area (Å²) < 4.78 is 5.54. The number of anilines is 2. The van der Waals surface area contributed by atoms with E-state index in [4.69, 9.17) is 5.73 Å². The van der Waals surface area contributed by atoms with E-state index in [1.54, 1.807) is 25.3 Å². The highest BCUT2D eigenvalue weighted by molar-refractivity contribution is 9.10. The van der Waals surface area contributed by atoms with Gasteiger partial charge >= 0.3 is 5.97 Å². The lowest BCUT2D eigenvalue weighted by Crippen LogP contribution is -2.27. The minimum Gasteiger partial charge on any atom is -0.467 e. The maximum Gasteiger partial charge on any atom is 0.327 e. The Hall–Kier alpha value is -1.82. The molecule has 1 aromatic heterocycles. The van der Waals surface area contributed by atoms with Gasteiger partial charge in [0.15, 0.2) is 0 Å². The molecule has 3 N–H and O–H groups in total. The number of nitrogen functional groups attached to an aromatic ring is 1. The Bertz CT molecular complexity index is 631. The van der Waals surface area contributed by atoms with Gasteiger partial charge in [-0.1, -0.05) is 0 Å². The van der Waals surface area contributed by atoms with Crippen LogP contribution in [0.15, 0.2) is 28.9 Å². The van der Waals surface area contributed by atoms with Crippen LogP contribution < -0.4 is 11.1 Å². The van der Waals surface area contributed by atoms with Crippen LogP contribution in [0.3, 0.4) is 0 Å². The minimum absolute atomic E-state index is 0.331. The molecule has 100 valence electrons. The third-order valence-electron chi connectivity index (χ3n) is 2.78. The van der Waals surface area contributed by atoms with Gasteiger partial charge in [-0.3, -0.25) is 4.98 Å². The summed E-state index contributed by atoms with van der Waals surface area (Å²) in [6.45, 7) is 1.73. The van der Waals surface area contributed by atoms with Gasteiger partial charge in [-0.2, -0.15) is 0 Å². The summed E-state index contributed by atoms with van der Waals surface area (Å²) in [5.74, 6) is -0.331. The molecule has 19 heavy (non-hydrogen) atoms. The number of nitrogens with one attached hydrogen (secondary N) is 1. The van der Waals surface area contributed by atoms with Crippen molar-refractivity contribution < 1.29 is 9.53 Å². The number of hydrogen-bond acceptors (Lipinski definition) is 5. The van der Waals surface area contributed by atoms with Crippen molar-refractivity contribution in [3.05, 3.63) is 28.9 Å². The van der Waals surface area contributed by atoms with Crippen LogP contribution in [0.25, 0.3) is 10.9 Å². The predicted molar refractivity (Wildman–Crippen MR) is 79.0 cm³/mol. The van der Waals surface area contributed by atoms with Gasteiger partial charge in [-0.25, -0.2) is 4.79 Å². The maximum atomic E-state index is 11.4. The second-order valence-corrected chi connectivity index (χ2v) is 5.06. The molecule has 0 aliphatic rings. The molecule has 0 bridgehead atoms. The Kier molecular flexibility index (Phi) is 3.90. The number of ether oxygens (including phenoxy) is 1. The van der Waals surface area contributed by atoms with E-state index in [1.807, 2.05) is 6.07 Å². The number of nitrogens with two attached hydrogens (primary N) is 1. The van der Waals surface area contributed by atoms with Crippen LogP contribution in [0.4, 0.5) is 11.4 Å². The Balaban J connectivity index is 2.44. The van der Waals surface area contributed by atoms with Gasteiger partial charge in [0.1, 0.15) is 6.04 Å². The molecular formula is C13H14BrN3O2. The molecule has 5 nitrogen and oxygen atoms in total. The van der Waals surface area contributed by atoms with Crippen LogP contribution in [0.1, 0.15) is 6.92 Å². The lowest BCUT2D eigenvalue weighted by molar-refractivity contribution is -0.141. The fourth-order valence-corrected chi connectivity index (χ4v) is 2.13. The number of fused-ring (bicyclic) bond motifs is 1. The van der Waals surface area contributed by atoms with Gasteiger partial charge in [-0.05, 0) is 41.1 Å². The van der Waals surface area contributed by atoms with E-state index in [-0.39, 0.29) is 5.97 Å². The summed E-state index contributed by atoms with van der Waals surface area (Å²) in [6, 6.07) is 5.02. The van der Waals surface area contributed by atoms with Gasteiger partial charge < -0.3 is 15.8 Å². The van der Waals surface area contributed by atoms with Crippen LogP contribution in [0, 0.1) is 0 Å². The highest BCUT2D eigenvalue weighted by Crippen LogP contribution is 2.29. The molecule has 0 aliphatic heterocycles. The maximum absolute atomic E-state index is 11.4. The van der Waals surface area contributed by atoms with Crippen molar-refractivity contribution in [2.45, 2.75) is 13.0 Å². The third kappa shape index (κ3) is 2.78. The number of carbonyl (C=O) groups excluding carboxylic acids is 1. The predicted octanol–water partition coefficient (Wildman–Crippen LogP) is 2.55. The molecule has 0 amide bonds. The standard InChI is InChI=1S/C13H14BrN3O2/c1-7(13(18)19-2)17-11-4-3-10(15)9-5-8(14)6-16-12(9)11/h3-7,17H,15H2,1-2H3. The van der Waals surface area contributed by atoms with Crippen molar-refractivity contribution in [3.8, 4) is 0 Å². The second-order valence-electron chi connectivity index (χ2n) is 4.14. The monoisotopic (exact) mass is 323 g/mol. The molecule has 2 rings (SSSR count). The van der Waals surface area contributed by atoms with E-state index >= 15 is 0 Å². The van der Waals surface area contributed by atoms with Gasteiger partial charge in [-0.15, -0.1) is 0 Å². The van der Waals surface area contributed by atoms with Crippen molar-refractivity contribution >= 4 is 44.2 Å². The smallest absolute Gasteiger partial charge is 0.327 e. The molecule has 1 unspecified atom stereocenters. The zero-order valence-electron chi connectivity index (χ0n) is 10.6. The summed E-state index contributed by atoms with van der Waals surface area (Å²) in [6.07, 6.45) is 1.69. The summed E-state index contributed by atoms with van der Waals surface area (Å²) in [5, 5.41) is 3.90. The van der Waals surface area contributed by atoms with Crippen molar-refractivity contribution in [2.24, 2.45) is 0 Å². The summed E-state index contributed by atoms with van der Waals surface area (Å²) in [4.78, 5) is 15.8. The number of nitrogens with zero attached hydrogens (tertiary/aromatic N) is 1. The van der Waals surface area contributed by atoms with Crippen LogP contribution in [0.2, 0.25) is 0 Å². The van der Waals surface area contributed by atoms with Gasteiger partial charge in [0, 0.05) is 21.7 Å². The molecule has 0 aliphatic carbocycles. The second kappa shape index (κ2) is 5.44. The molecule has 0 radical (unpaired) electrons. The topological polar surface area (TPSA) is 77.2 Å². The molecule has 1 heterocycles. The number of esters is 1. The summed E-state index contributed by atoms with van der Waals surface area (Å²) in [7, 11) is 1.36. The Morgan fingerprint density at radius 1 is 1.53 bits per heavy atom. The largest absolute Gasteiger partial charge is 0.467 e. The number of halogens is 1. The molecule has 0 spiro atoms. The Morgan fingerprint density at radius 2 is 2.26 bits per heavy atom. The van der Waals surface area contributed by atoms with Crippen molar-refractivity contribution in [1.82, 2.24) is 4.98 Å². The molecule has 0 saturated heterocycles. The SMILES string of the molecule is COC(=O)C(C)Nc1ccc(N)c2cc(Br)cnc12. The van der Waals surface area contributed by atoms with Crippen LogP contribution in [0.5, 0.6) is 0 Å². The number of pyridine rings is 1. The van der Waals surface area contributed by atoms with Crippen molar-refractivity contribution in [2.75, 3.05) is 18.2 Å². The summed E-state index contributed by atoms with van der Waals surface area (Å²) >= 11 is 3.36. The molecule has 0 saturated carbocycles. The normalized spacial score (nSPS) is 12.2. The first-order valence-corrected chi connectivity index (χ1v) is 6.50. The van der Waals surface area contributed by atoms with Gasteiger partial charge in [0.2, 0.25) is 0 Å². The van der Waals surface area contributed by atoms with Crippen LogP contribution in [-0.4, -0.2) is 24.1 Å². The Morgan fingerprint density at radius 3 is 2.95 bits per heavy atom. The van der Waals surface area contributed by atoms with E-state index in [0.717, 1.165) is 21.1 Å². The first-order chi connectivity index (χ1) is 9.02. The molecule has 6 heteroatoms. The fraction of sp³-hybridized carbons (Fsp3) is 0.231. The lowest BCUT2D eigenvalue weighted by Gasteiger charge is -2.15. The molecular weight excluding hydrogens is 310 g/mol. The fourth-order valence-electron chi connectivity index (χ4n) is 1.80. The number of carbonyl (C=O) groups is 1. The number of aromatic nitrogens is 1. The molecule has 1 atom stereocenters. The third-order valence-corrected chi connectivity index (χ3v) is 3.21. The molecule has 2 aromatic rings. The average Bonchev–Trinajstić information content (AvgIpc) is 2.41. The number of methoxy groups -OCH3 is 1. The number of rotatable bonds is 3. The van der Waals surface area contributed by atoms with Gasteiger partial charge in [0.25, 0.3) is 0 Å². The lowest BCUT2D eigenvalue weighted by atomic mass is 10.1. The first kappa shape index (κ1) is 13.6. The first-order valence-electron chi connectivity index (χ1n) is 5.71. The zero-order valence-corrected chi connectivity index (χ0v) is 12.2. The van der Waals surface area contributed by atoms with E-state index in [9.17, 15) is 4.79 Å². The number of benzene rings is 1. The molecule has 1 aromatic carbocycles. The zero-order chi connectivity index (χ0) is 14.0. The van der Waals surface area contributed by atoms with E-state index in [0.29, 0.717) is 5.69 Å². The minimum atomic E-state index is -0.456. The van der Waals surface area contributed by atoms with Crippen molar-refractivity contribution in [1.29, 1.82) is 0 Å². The highest BCUT2D eigenvalue weighted by Gasteiger charge is 2.15. The highest BCUT2D eigenvalue weighted by atomic mass is 79.9. The number of hydrogen-bond donors (Lipinski definition) is 2. The van der Waals surface area contributed by atoms with Crippen LogP contribution >= 0.6 is 15.9 Å². The Labute approximate surface area is 119 Å².